The Hall–Kier alpha value is -2.53. The number of methoxy groups -OCH3 is 1. The average Bonchev–Trinajstić information content (AvgIpc) is 2.69. The summed E-state index contributed by atoms with van der Waals surface area (Å²) in [5.41, 5.74) is 3.15. The fourth-order valence-corrected chi connectivity index (χ4v) is 3.29. The van der Waals surface area contributed by atoms with Crippen molar-refractivity contribution in [2.45, 2.75) is 19.9 Å². The summed E-state index contributed by atoms with van der Waals surface area (Å²) in [7, 11) is 1.70. The number of carbonyl (C=O) groups is 1. The van der Waals surface area contributed by atoms with Gasteiger partial charge >= 0.3 is 0 Å². The highest BCUT2D eigenvalue weighted by atomic mass is 16.5. The SMILES string of the molecule is COc1ccccc1N1CCN([C@@H](C)C(=O)Nc2ccc(C)cc2)CC1. The number of carbonyl (C=O) groups excluding carboxylic acids is 1. The van der Waals surface area contributed by atoms with E-state index in [4.69, 9.17) is 4.74 Å². The lowest BCUT2D eigenvalue weighted by molar-refractivity contribution is -0.120. The van der Waals surface area contributed by atoms with Crippen LogP contribution < -0.4 is 15.0 Å². The molecule has 0 aromatic heterocycles. The van der Waals surface area contributed by atoms with Crippen LogP contribution in [0.1, 0.15) is 12.5 Å². The normalized spacial score (nSPS) is 16.2. The van der Waals surface area contributed by atoms with Gasteiger partial charge in [0.05, 0.1) is 18.8 Å². The number of nitrogens with zero attached hydrogens (tertiary/aromatic N) is 2. The lowest BCUT2D eigenvalue weighted by Gasteiger charge is -2.38. The number of hydrogen-bond donors (Lipinski definition) is 1. The molecule has 0 bridgehead atoms. The summed E-state index contributed by atoms with van der Waals surface area (Å²) in [6, 6.07) is 15.8. The van der Waals surface area contributed by atoms with Crippen molar-refractivity contribution in [2.24, 2.45) is 0 Å². The molecule has 5 nitrogen and oxygen atoms in total. The summed E-state index contributed by atoms with van der Waals surface area (Å²) in [6.45, 7) is 7.46. The molecule has 1 aliphatic rings. The van der Waals surface area contributed by atoms with Crippen molar-refractivity contribution in [1.82, 2.24) is 4.90 Å². The van der Waals surface area contributed by atoms with Gasteiger partial charge in [0.1, 0.15) is 5.75 Å². The zero-order chi connectivity index (χ0) is 18.5. The molecule has 0 unspecified atom stereocenters. The third-order valence-electron chi connectivity index (χ3n) is 4.99. The lowest BCUT2D eigenvalue weighted by atomic mass is 10.1. The Morgan fingerprint density at radius 2 is 1.69 bits per heavy atom. The van der Waals surface area contributed by atoms with E-state index in [1.54, 1.807) is 7.11 Å². The van der Waals surface area contributed by atoms with Gasteiger partial charge in [-0.25, -0.2) is 0 Å². The largest absolute Gasteiger partial charge is 0.495 e. The van der Waals surface area contributed by atoms with Crippen LogP contribution in [0.4, 0.5) is 11.4 Å². The molecular formula is C21H27N3O2. The second kappa shape index (κ2) is 8.23. The number of rotatable bonds is 5. The zero-order valence-electron chi connectivity index (χ0n) is 15.7. The van der Waals surface area contributed by atoms with Crippen LogP contribution in [-0.2, 0) is 4.79 Å². The van der Waals surface area contributed by atoms with Crippen LogP contribution in [0, 0.1) is 6.92 Å². The van der Waals surface area contributed by atoms with Crippen molar-refractivity contribution in [3.8, 4) is 5.75 Å². The molecule has 2 aromatic rings. The van der Waals surface area contributed by atoms with Crippen LogP contribution in [-0.4, -0.2) is 50.1 Å². The Balaban J connectivity index is 1.57. The second-order valence-corrected chi connectivity index (χ2v) is 6.73. The number of hydrogen-bond acceptors (Lipinski definition) is 4. The van der Waals surface area contributed by atoms with Gasteiger partial charge in [0.15, 0.2) is 0 Å². The molecule has 26 heavy (non-hydrogen) atoms. The summed E-state index contributed by atoms with van der Waals surface area (Å²) >= 11 is 0. The highest BCUT2D eigenvalue weighted by molar-refractivity contribution is 5.94. The Bertz CT molecular complexity index is 737. The van der Waals surface area contributed by atoms with Crippen LogP contribution in [0.3, 0.4) is 0 Å². The van der Waals surface area contributed by atoms with Crippen LogP contribution in [0.5, 0.6) is 5.75 Å². The number of benzene rings is 2. The van der Waals surface area contributed by atoms with Gasteiger partial charge in [0.2, 0.25) is 5.91 Å². The minimum atomic E-state index is -0.156. The molecule has 2 aromatic carbocycles. The quantitative estimate of drug-likeness (QED) is 0.897. The van der Waals surface area contributed by atoms with Gasteiger partial charge in [-0.2, -0.15) is 0 Å². The molecule has 5 heteroatoms. The van der Waals surface area contributed by atoms with Crippen molar-refractivity contribution in [3.63, 3.8) is 0 Å². The van der Waals surface area contributed by atoms with E-state index in [1.165, 1.54) is 5.56 Å². The number of ether oxygens (including phenoxy) is 1. The highest BCUT2D eigenvalue weighted by Gasteiger charge is 2.26. The van der Waals surface area contributed by atoms with E-state index < -0.39 is 0 Å². The predicted octanol–water partition coefficient (Wildman–Crippen LogP) is 3.15. The number of para-hydroxylation sites is 2. The number of aryl methyl sites for hydroxylation is 1. The molecule has 0 spiro atoms. The molecule has 1 saturated heterocycles. The first-order chi connectivity index (χ1) is 12.6. The molecule has 1 atom stereocenters. The van der Waals surface area contributed by atoms with Crippen LogP contribution in [0.2, 0.25) is 0 Å². The fraction of sp³-hybridized carbons (Fsp3) is 0.381. The molecule has 1 heterocycles. The summed E-state index contributed by atoms with van der Waals surface area (Å²) < 4.78 is 5.47. The molecule has 138 valence electrons. The van der Waals surface area contributed by atoms with Gasteiger partial charge in [-0.15, -0.1) is 0 Å². The van der Waals surface area contributed by atoms with E-state index in [0.29, 0.717) is 0 Å². The van der Waals surface area contributed by atoms with Gasteiger partial charge < -0.3 is 15.0 Å². The van der Waals surface area contributed by atoms with Crippen molar-refractivity contribution in [2.75, 3.05) is 43.5 Å². The smallest absolute Gasteiger partial charge is 0.241 e. The molecule has 3 rings (SSSR count). The first kappa shape index (κ1) is 18.3. The summed E-state index contributed by atoms with van der Waals surface area (Å²) in [6.07, 6.45) is 0. The Morgan fingerprint density at radius 1 is 1.04 bits per heavy atom. The van der Waals surface area contributed by atoms with E-state index in [9.17, 15) is 4.79 Å². The van der Waals surface area contributed by atoms with E-state index in [2.05, 4.69) is 21.2 Å². The van der Waals surface area contributed by atoms with E-state index in [1.807, 2.05) is 56.3 Å². The maximum Gasteiger partial charge on any atom is 0.241 e. The Labute approximate surface area is 155 Å². The molecule has 1 N–H and O–H groups in total. The number of piperazine rings is 1. The topological polar surface area (TPSA) is 44.8 Å². The first-order valence-electron chi connectivity index (χ1n) is 9.08. The first-order valence-corrected chi connectivity index (χ1v) is 9.08. The second-order valence-electron chi connectivity index (χ2n) is 6.73. The molecular weight excluding hydrogens is 326 g/mol. The summed E-state index contributed by atoms with van der Waals surface area (Å²) in [4.78, 5) is 17.1. The minimum Gasteiger partial charge on any atom is -0.495 e. The van der Waals surface area contributed by atoms with Crippen molar-refractivity contribution >= 4 is 17.3 Å². The lowest BCUT2D eigenvalue weighted by Crippen LogP contribution is -2.52. The molecule has 0 saturated carbocycles. The van der Waals surface area contributed by atoms with Crippen molar-refractivity contribution < 1.29 is 9.53 Å². The maximum absolute atomic E-state index is 12.6. The van der Waals surface area contributed by atoms with Gasteiger partial charge in [-0.05, 0) is 38.1 Å². The number of anilines is 2. The van der Waals surface area contributed by atoms with Gasteiger partial charge in [0.25, 0.3) is 0 Å². The average molecular weight is 353 g/mol. The molecule has 0 aliphatic carbocycles. The molecule has 1 amide bonds. The van der Waals surface area contributed by atoms with Gasteiger partial charge in [-0.1, -0.05) is 29.8 Å². The molecule has 1 aliphatic heterocycles. The summed E-state index contributed by atoms with van der Waals surface area (Å²) in [5, 5.41) is 3.01. The van der Waals surface area contributed by atoms with Crippen molar-refractivity contribution in [3.05, 3.63) is 54.1 Å². The standard InChI is InChI=1S/C21H27N3O2/c1-16-8-10-18(11-9-16)22-21(25)17(2)23-12-14-24(15-13-23)19-6-4-5-7-20(19)26-3/h4-11,17H,12-15H2,1-3H3,(H,22,25)/t17-/m0/s1. The number of amides is 1. The maximum atomic E-state index is 12.6. The van der Waals surface area contributed by atoms with E-state index in [0.717, 1.165) is 43.3 Å². The predicted molar refractivity (Wildman–Crippen MR) is 106 cm³/mol. The monoisotopic (exact) mass is 353 g/mol. The van der Waals surface area contributed by atoms with E-state index >= 15 is 0 Å². The highest BCUT2D eigenvalue weighted by Crippen LogP contribution is 2.28. The van der Waals surface area contributed by atoms with Crippen LogP contribution in [0.15, 0.2) is 48.5 Å². The van der Waals surface area contributed by atoms with Crippen LogP contribution >= 0.6 is 0 Å². The Kier molecular flexibility index (Phi) is 5.78. The minimum absolute atomic E-state index is 0.0413. The number of nitrogens with one attached hydrogen (secondary N) is 1. The van der Waals surface area contributed by atoms with Gasteiger partial charge in [0, 0.05) is 31.9 Å². The van der Waals surface area contributed by atoms with Crippen LogP contribution in [0.25, 0.3) is 0 Å². The van der Waals surface area contributed by atoms with E-state index in [-0.39, 0.29) is 11.9 Å². The summed E-state index contributed by atoms with van der Waals surface area (Å²) in [5.74, 6) is 0.936. The van der Waals surface area contributed by atoms with Gasteiger partial charge in [-0.3, -0.25) is 9.69 Å². The molecule has 0 radical (unpaired) electrons. The fourth-order valence-electron chi connectivity index (χ4n) is 3.29. The zero-order valence-corrected chi connectivity index (χ0v) is 15.7. The third kappa shape index (κ3) is 4.17. The van der Waals surface area contributed by atoms with Crippen molar-refractivity contribution in [1.29, 1.82) is 0 Å². The molecule has 1 fully saturated rings. The Morgan fingerprint density at radius 3 is 2.35 bits per heavy atom. The third-order valence-corrected chi connectivity index (χ3v) is 4.99.